The van der Waals surface area contributed by atoms with Crippen LogP contribution in [0.3, 0.4) is 0 Å². The van der Waals surface area contributed by atoms with Gasteiger partial charge in [-0.3, -0.25) is 4.79 Å². The summed E-state index contributed by atoms with van der Waals surface area (Å²) < 4.78 is 11.5. The van der Waals surface area contributed by atoms with E-state index in [0.29, 0.717) is 32.1 Å². The molecule has 0 amide bonds. The molecular weight excluding hydrogens is 391 g/mol. The molecule has 2 rings (SSSR count). The molecule has 4 nitrogen and oxygen atoms in total. The molecule has 1 aromatic heterocycles. The lowest BCUT2D eigenvalue weighted by Gasteiger charge is -2.12. The van der Waals surface area contributed by atoms with Crippen molar-refractivity contribution >= 4 is 46.2 Å². The fourth-order valence-electron chi connectivity index (χ4n) is 1.56. The fourth-order valence-corrected chi connectivity index (χ4v) is 2.89. The van der Waals surface area contributed by atoms with Gasteiger partial charge in [0.05, 0.1) is 10.2 Å². The second-order valence-electron chi connectivity index (χ2n) is 3.75. The maximum Gasteiger partial charge on any atom is 0.353 e. The number of hydrogen-bond donors (Lipinski definition) is 0. The Kier molecular flexibility index (Phi) is 5.13. The molecule has 0 atom stereocenters. The Balaban J connectivity index is 2.34. The molecule has 104 valence electrons. The third-order valence-corrected chi connectivity index (χ3v) is 4.04. The maximum atomic E-state index is 12.0. The molecule has 0 fully saturated rings. The van der Waals surface area contributed by atoms with Crippen LogP contribution in [0.5, 0.6) is 11.5 Å². The Morgan fingerprint density at radius 3 is 2.85 bits per heavy atom. The molecule has 1 aromatic carbocycles. The fraction of sp³-hybridized carbons (Fsp3) is 0.143. The Morgan fingerprint density at radius 2 is 2.25 bits per heavy atom. The highest BCUT2D eigenvalue weighted by Crippen LogP contribution is 2.34. The minimum atomic E-state index is -0.433. The third kappa shape index (κ3) is 3.37. The van der Waals surface area contributed by atoms with Gasteiger partial charge in [-0.1, -0.05) is 6.07 Å². The quantitative estimate of drug-likeness (QED) is 0.331. The van der Waals surface area contributed by atoms with Gasteiger partial charge in [0, 0.05) is 5.56 Å². The van der Waals surface area contributed by atoms with Crippen LogP contribution in [0.15, 0.2) is 29.6 Å². The standard InChI is InChI=1S/C14H11IO4S/c1-2-18-11-7-9(8-16)6-10(15)13(11)19-14(17)12-4-3-5-20-12/h3-8H,2H2,1H3. The average Bonchev–Trinajstić information content (AvgIpc) is 2.96. The van der Waals surface area contributed by atoms with E-state index in [4.69, 9.17) is 9.47 Å². The number of carbonyl (C=O) groups is 2. The number of benzene rings is 1. The highest BCUT2D eigenvalue weighted by molar-refractivity contribution is 14.1. The molecule has 0 aliphatic rings. The summed E-state index contributed by atoms with van der Waals surface area (Å²) in [6.07, 6.45) is 0.732. The van der Waals surface area contributed by atoms with E-state index in [0.717, 1.165) is 6.29 Å². The van der Waals surface area contributed by atoms with Gasteiger partial charge in [-0.05, 0) is 53.1 Å². The van der Waals surface area contributed by atoms with E-state index in [1.165, 1.54) is 11.3 Å². The van der Waals surface area contributed by atoms with Crippen LogP contribution < -0.4 is 9.47 Å². The molecule has 2 aromatic rings. The SMILES string of the molecule is CCOc1cc(C=O)cc(I)c1OC(=O)c1cccs1. The summed E-state index contributed by atoms with van der Waals surface area (Å²) >= 11 is 3.32. The lowest BCUT2D eigenvalue weighted by Crippen LogP contribution is -2.09. The van der Waals surface area contributed by atoms with Gasteiger partial charge in [0.25, 0.3) is 0 Å². The predicted molar refractivity (Wildman–Crippen MR) is 85.0 cm³/mol. The van der Waals surface area contributed by atoms with E-state index in [1.807, 2.05) is 29.5 Å². The van der Waals surface area contributed by atoms with Gasteiger partial charge in [-0.2, -0.15) is 0 Å². The monoisotopic (exact) mass is 402 g/mol. The van der Waals surface area contributed by atoms with Crippen LogP contribution in [0, 0.1) is 3.57 Å². The van der Waals surface area contributed by atoms with Crippen LogP contribution in [0.1, 0.15) is 27.0 Å². The van der Waals surface area contributed by atoms with E-state index in [2.05, 4.69) is 0 Å². The highest BCUT2D eigenvalue weighted by atomic mass is 127. The molecule has 6 heteroatoms. The molecule has 0 aliphatic carbocycles. The molecule has 0 aliphatic heterocycles. The van der Waals surface area contributed by atoms with Crippen LogP contribution in [0.4, 0.5) is 0 Å². The van der Waals surface area contributed by atoms with E-state index in [-0.39, 0.29) is 0 Å². The highest BCUT2D eigenvalue weighted by Gasteiger charge is 2.17. The van der Waals surface area contributed by atoms with Gasteiger partial charge >= 0.3 is 5.97 Å². The van der Waals surface area contributed by atoms with Crippen molar-refractivity contribution in [3.8, 4) is 11.5 Å². The summed E-state index contributed by atoms with van der Waals surface area (Å²) in [6.45, 7) is 2.24. The van der Waals surface area contributed by atoms with Gasteiger partial charge < -0.3 is 9.47 Å². The minimum absolute atomic E-state index is 0.344. The topological polar surface area (TPSA) is 52.6 Å². The molecular formula is C14H11IO4S. The zero-order valence-electron chi connectivity index (χ0n) is 10.6. The number of carbonyl (C=O) groups excluding carboxylic acids is 2. The van der Waals surface area contributed by atoms with E-state index < -0.39 is 5.97 Å². The van der Waals surface area contributed by atoms with Gasteiger partial charge in [-0.15, -0.1) is 11.3 Å². The van der Waals surface area contributed by atoms with E-state index >= 15 is 0 Å². The molecule has 0 radical (unpaired) electrons. The molecule has 0 spiro atoms. The van der Waals surface area contributed by atoms with Crippen molar-refractivity contribution in [1.29, 1.82) is 0 Å². The van der Waals surface area contributed by atoms with Crippen LogP contribution >= 0.6 is 33.9 Å². The molecule has 0 saturated carbocycles. The number of halogens is 1. The predicted octanol–water partition coefficient (Wildman–Crippen LogP) is 3.78. The summed E-state index contributed by atoms with van der Waals surface area (Å²) in [5.74, 6) is 0.306. The Bertz CT molecular complexity index is 622. The number of thiophene rings is 1. The van der Waals surface area contributed by atoms with Crippen LogP contribution in [-0.2, 0) is 0 Å². The summed E-state index contributed by atoms with van der Waals surface area (Å²) in [7, 11) is 0. The molecule has 0 unspecified atom stereocenters. The molecule has 0 N–H and O–H groups in total. The zero-order chi connectivity index (χ0) is 14.5. The number of hydrogen-bond acceptors (Lipinski definition) is 5. The van der Waals surface area contributed by atoms with Crippen molar-refractivity contribution < 1.29 is 19.1 Å². The molecule has 0 bridgehead atoms. The number of esters is 1. The molecule has 0 saturated heterocycles. The first-order valence-corrected chi connectivity index (χ1v) is 7.78. The summed E-state index contributed by atoms with van der Waals surface area (Å²) in [6, 6.07) is 6.69. The molecule has 20 heavy (non-hydrogen) atoms. The van der Waals surface area contributed by atoms with E-state index in [9.17, 15) is 9.59 Å². The van der Waals surface area contributed by atoms with Gasteiger partial charge in [-0.25, -0.2) is 4.79 Å². The lowest BCUT2D eigenvalue weighted by atomic mass is 10.2. The Hall–Kier alpha value is -1.41. The van der Waals surface area contributed by atoms with Crippen LogP contribution in [-0.4, -0.2) is 18.9 Å². The zero-order valence-corrected chi connectivity index (χ0v) is 13.6. The Labute approximate surface area is 133 Å². The number of aldehydes is 1. The summed E-state index contributed by atoms with van der Waals surface area (Å²) in [4.78, 5) is 23.4. The third-order valence-electron chi connectivity index (χ3n) is 2.38. The van der Waals surface area contributed by atoms with Gasteiger partial charge in [0.1, 0.15) is 11.2 Å². The summed E-state index contributed by atoms with van der Waals surface area (Å²) in [5.41, 5.74) is 0.480. The van der Waals surface area contributed by atoms with Crippen molar-refractivity contribution in [2.45, 2.75) is 6.92 Å². The van der Waals surface area contributed by atoms with Crippen LogP contribution in [0.25, 0.3) is 0 Å². The molecule has 1 heterocycles. The largest absolute Gasteiger partial charge is 0.490 e. The van der Waals surface area contributed by atoms with Crippen LogP contribution in [0.2, 0.25) is 0 Å². The lowest BCUT2D eigenvalue weighted by molar-refractivity contribution is 0.0732. The van der Waals surface area contributed by atoms with Crippen molar-refractivity contribution in [3.63, 3.8) is 0 Å². The van der Waals surface area contributed by atoms with Crippen molar-refractivity contribution in [2.24, 2.45) is 0 Å². The first kappa shape index (κ1) is 15.0. The minimum Gasteiger partial charge on any atom is -0.490 e. The smallest absolute Gasteiger partial charge is 0.353 e. The second kappa shape index (κ2) is 6.85. The number of ether oxygens (including phenoxy) is 2. The number of rotatable bonds is 5. The maximum absolute atomic E-state index is 12.0. The van der Waals surface area contributed by atoms with E-state index in [1.54, 1.807) is 29.6 Å². The first-order chi connectivity index (χ1) is 9.65. The van der Waals surface area contributed by atoms with Gasteiger partial charge in [0.2, 0.25) is 0 Å². The Morgan fingerprint density at radius 1 is 1.45 bits per heavy atom. The first-order valence-electron chi connectivity index (χ1n) is 5.83. The normalized spacial score (nSPS) is 10.1. The van der Waals surface area contributed by atoms with Gasteiger partial charge in [0.15, 0.2) is 11.5 Å². The second-order valence-corrected chi connectivity index (χ2v) is 5.86. The van der Waals surface area contributed by atoms with Crippen molar-refractivity contribution in [1.82, 2.24) is 0 Å². The van der Waals surface area contributed by atoms with Crippen molar-refractivity contribution in [2.75, 3.05) is 6.61 Å². The summed E-state index contributed by atoms with van der Waals surface area (Å²) in [5, 5.41) is 1.81. The average molecular weight is 402 g/mol. The van der Waals surface area contributed by atoms with Crippen molar-refractivity contribution in [3.05, 3.63) is 43.7 Å².